The molecule has 15 heavy (non-hydrogen) atoms. The number of carbonyl (C=O) groups is 1. The summed E-state index contributed by atoms with van der Waals surface area (Å²) in [5.41, 5.74) is 4.60. The number of carboxylic acid groups (broad SMARTS) is 1. The van der Waals surface area contributed by atoms with Crippen LogP contribution in [0.1, 0.15) is 33.1 Å². The van der Waals surface area contributed by atoms with Crippen LogP contribution in [-0.4, -0.2) is 41.1 Å². The number of hydrogen-bond acceptors (Lipinski definition) is 3. The average molecular weight is 214 g/mol. The summed E-state index contributed by atoms with van der Waals surface area (Å²) in [6, 6.07) is 0. The molecular formula is C11H22N2O2. The molecule has 1 aliphatic rings. The van der Waals surface area contributed by atoms with E-state index in [-0.39, 0.29) is 0 Å². The minimum absolute atomic E-state index is 0.523. The van der Waals surface area contributed by atoms with E-state index in [9.17, 15) is 4.79 Å². The number of nitrogens with zero attached hydrogens (tertiary/aromatic N) is 1. The van der Waals surface area contributed by atoms with Crippen molar-refractivity contribution >= 4 is 5.97 Å². The molecule has 2 atom stereocenters. The fourth-order valence-corrected chi connectivity index (χ4v) is 1.99. The number of aliphatic carboxylic acids is 1. The van der Waals surface area contributed by atoms with Crippen molar-refractivity contribution in [2.45, 2.75) is 38.6 Å². The predicted octanol–water partition coefficient (Wildman–Crippen LogP) is 0.910. The van der Waals surface area contributed by atoms with Gasteiger partial charge < -0.3 is 15.7 Å². The molecule has 0 aromatic carbocycles. The largest absolute Gasteiger partial charge is 0.480 e. The van der Waals surface area contributed by atoms with Gasteiger partial charge in [0.05, 0.1) is 0 Å². The Bertz CT molecular complexity index is 229. The van der Waals surface area contributed by atoms with Crippen LogP contribution in [0, 0.1) is 5.92 Å². The molecule has 2 unspecified atom stereocenters. The van der Waals surface area contributed by atoms with E-state index in [0.29, 0.717) is 6.42 Å². The Morgan fingerprint density at radius 3 is 2.87 bits per heavy atom. The Balaban J connectivity index is 2.33. The molecule has 0 aromatic rings. The predicted molar refractivity (Wildman–Crippen MR) is 59.7 cm³/mol. The first-order chi connectivity index (χ1) is 6.92. The van der Waals surface area contributed by atoms with Gasteiger partial charge in [-0.25, -0.2) is 0 Å². The minimum Gasteiger partial charge on any atom is -0.480 e. The van der Waals surface area contributed by atoms with Gasteiger partial charge in [0, 0.05) is 13.1 Å². The Kier molecular flexibility index (Phi) is 4.11. The molecule has 0 aliphatic carbocycles. The van der Waals surface area contributed by atoms with Gasteiger partial charge in [-0.3, -0.25) is 4.79 Å². The lowest BCUT2D eigenvalue weighted by atomic mass is 9.96. The fourth-order valence-electron chi connectivity index (χ4n) is 1.99. The molecule has 88 valence electrons. The second-order valence-corrected chi connectivity index (χ2v) is 5.02. The Hall–Kier alpha value is -0.610. The highest BCUT2D eigenvalue weighted by molar-refractivity contribution is 5.77. The molecule has 4 heteroatoms. The third-order valence-electron chi connectivity index (χ3n) is 3.18. The third-order valence-corrected chi connectivity index (χ3v) is 3.18. The Morgan fingerprint density at radius 2 is 2.33 bits per heavy atom. The maximum absolute atomic E-state index is 10.8. The first-order valence-corrected chi connectivity index (χ1v) is 5.66. The van der Waals surface area contributed by atoms with E-state index in [0.717, 1.165) is 25.6 Å². The van der Waals surface area contributed by atoms with Crippen molar-refractivity contribution in [3.05, 3.63) is 0 Å². The lowest BCUT2D eigenvalue weighted by Crippen LogP contribution is -2.48. The van der Waals surface area contributed by atoms with E-state index in [1.54, 1.807) is 6.92 Å². The van der Waals surface area contributed by atoms with Crippen molar-refractivity contribution in [2.75, 3.05) is 19.6 Å². The number of hydrogen-bond donors (Lipinski definition) is 2. The van der Waals surface area contributed by atoms with Gasteiger partial charge in [-0.2, -0.15) is 0 Å². The van der Waals surface area contributed by atoms with E-state index >= 15 is 0 Å². The quantitative estimate of drug-likeness (QED) is 0.730. The fraction of sp³-hybridized carbons (Fsp3) is 0.909. The van der Waals surface area contributed by atoms with Gasteiger partial charge >= 0.3 is 5.97 Å². The summed E-state index contributed by atoms with van der Waals surface area (Å²) in [6.45, 7) is 6.78. The molecule has 0 aromatic heterocycles. The topological polar surface area (TPSA) is 66.6 Å². The number of likely N-dealkylation sites (tertiary alicyclic amines) is 1. The molecule has 0 bridgehead atoms. The standard InChI is InChI=1S/C11H22N2O2/c1-9-4-3-6-13(8-9)7-5-11(2,12)10(14)15/h9H,3-8,12H2,1-2H3,(H,14,15). The second kappa shape index (κ2) is 4.94. The first kappa shape index (κ1) is 12.5. The summed E-state index contributed by atoms with van der Waals surface area (Å²) in [5, 5.41) is 8.88. The molecule has 1 heterocycles. The highest BCUT2D eigenvalue weighted by Gasteiger charge is 2.28. The molecule has 4 nitrogen and oxygen atoms in total. The summed E-state index contributed by atoms with van der Waals surface area (Å²) in [6.07, 6.45) is 3.03. The van der Waals surface area contributed by atoms with Crippen molar-refractivity contribution < 1.29 is 9.90 Å². The summed E-state index contributed by atoms with van der Waals surface area (Å²) in [4.78, 5) is 13.1. The SMILES string of the molecule is CC1CCCN(CCC(C)(N)C(=O)O)C1. The van der Waals surface area contributed by atoms with Crippen LogP contribution in [0.5, 0.6) is 0 Å². The van der Waals surface area contributed by atoms with Crippen LogP contribution in [0.15, 0.2) is 0 Å². The van der Waals surface area contributed by atoms with Crippen LogP contribution >= 0.6 is 0 Å². The van der Waals surface area contributed by atoms with Crippen molar-refractivity contribution in [3.8, 4) is 0 Å². The van der Waals surface area contributed by atoms with Gasteiger partial charge in [0.2, 0.25) is 0 Å². The molecule has 1 saturated heterocycles. The highest BCUT2D eigenvalue weighted by Crippen LogP contribution is 2.17. The van der Waals surface area contributed by atoms with Gasteiger partial charge in [0.25, 0.3) is 0 Å². The van der Waals surface area contributed by atoms with Crippen LogP contribution in [0.2, 0.25) is 0 Å². The van der Waals surface area contributed by atoms with E-state index in [4.69, 9.17) is 10.8 Å². The molecule has 0 radical (unpaired) electrons. The van der Waals surface area contributed by atoms with E-state index in [1.165, 1.54) is 12.8 Å². The zero-order valence-electron chi connectivity index (χ0n) is 9.70. The molecule has 0 spiro atoms. The number of piperidine rings is 1. The van der Waals surface area contributed by atoms with Gasteiger partial charge in [-0.15, -0.1) is 0 Å². The summed E-state index contributed by atoms with van der Waals surface area (Å²) in [5.74, 6) is -0.180. The van der Waals surface area contributed by atoms with Crippen LogP contribution in [0.4, 0.5) is 0 Å². The lowest BCUT2D eigenvalue weighted by molar-refractivity contribution is -0.143. The first-order valence-electron chi connectivity index (χ1n) is 5.66. The summed E-state index contributed by atoms with van der Waals surface area (Å²) >= 11 is 0. The maximum Gasteiger partial charge on any atom is 0.323 e. The molecule has 3 N–H and O–H groups in total. The number of nitrogens with two attached hydrogens (primary N) is 1. The zero-order valence-corrected chi connectivity index (χ0v) is 9.70. The highest BCUT2D eigenvalue weighted by atomic mass is 16.4. The van der Waals surface area contributed by atoms with Gasteiger partial charge in [0.1, 0.15) is 5.54 Å². The average Bonchev–Trinajstić information content (AvgIpc) is 2.15. The van der Waals surface area contributed by atoms with Crippen LogP contribution in [0.3, 0.4) is 0 Å². The smallest absolute Gasteiger partial charge is 0.323 e. The van der Waals surface area contributed by atoms with Gasteiger partial charge in [0.15, 0.2) is 0 Å². The number of carboxylic acids is 1. The van der Waals surface area contributed by atoms with E-state index in [1.807, 2.05) is 0 Å². The lowest BCUT2D eigenvalue weighted by Gasteiger charge is -2.32. The third kappa shape index (κ3) is 3.80. The Morgan fingerprint density at radius 1 is 1.67 bits per heavy atom. The number of rotatable bonds is 4. The summed E-state index contributed by atoms with van der Waals surface area (Å²) < 4.78 is 0. The van der Waals surface area contributed by atoms with Crippen LogP contribution in [0.25, 0.3) is 0 Å². The van der Waals surface area contributed by atoms with Gasteiger partial charge in [-0.1, -0.05) is 6.92 Å². The molecule has 0 saturated carbocycles. The van der Waals surface area contributed by atoms with Crippen LogP contribution in [-0.2, 0) is 4.79 Å². The van der Waals surface area contributed by atoms with Crippen LogP contribution < -0.4 is 5.73 Å². The second-order valence-electron chi connectivity index (χ2n) is 5.02. The zero-order chi connectivity index (χ0) is 11.5. The minimum atomic E-state index is -1.08. The maximum atomic E-state index is 10.8. The van der Waals surface area contributed by atoms with E-state index < -0.39 is 11.5 Å². The van der Waals surface area contributed by atoms with E-state index in [2.05, 4.69) is 11.8 Å². The van der Waals surface area contributed by atoms with Crippen molar-refractivity contribution in [2.24, 2.45) is 11.7 Å². The molecule has 1 fully saturated rings. The van der Waals surface area contributed by atoms with Crippen molar-refractivity contribution in [1.82, 2.24) is 4.90 Å². The normalized spacial score (nSPS) is 27.3. The van der Waals surface area contributed by atoms with Crippen molar-refractivity contribution in [1.29, 1.82) is 0 Å². The molecule has 0 amide bonds. The Labute approximate surface area is 91.4 Å². The molecule has 1 rings (SSSR count). The molecule has 1 aliphatic heterocycles. The molecular weight excluding hydrogens is 192 g/mol. The monoisotopic (exact) mass is 214 g/mol. The van der Waals surface area contributed by atoms with Gasteiger partial charge in [-0.05, 0) is 38.6 Å². The summed E-state index contributed by atoms with van der Waals surface area (Å²) in [7, 11) is 0. The van der Waals surface area contributed by atoms with Crippen molar-refractivity contribution in [3.63, 3.8) is 0 Å².